The largest absolute Gasteiger partial charge is 0.395 e. The van der Waals surface area contributed by atoms with Gasteiger partial charge in [0.1, 0.15) is 0 Å². The number of hydrogen-bond acceptors (Lipinski definition) is 2. The molecule has 0 saturated heterocycles. The molecule has 0 bridgehead atoms. The van der Waals surface area contributed by atoms with Gasteiger partial charge >= 0.3 is 0 Å². The van der Waals surface area contributed by atoms with Crippen LogP contribution in [0.2, 0.25) is 0 Å². The fourth-order valence-electron chi connectivity index (χ4n) is 2.33. The topological polar surface area (TPSA) is 37.3 Å². The van der Waals surface area contributed by atoms with E-state index in [0.717, 1.165) is 27.8 Å². The Bertz CT molecular complexity index is 718. The first-order valence-corrected chi connectivity index (χ1v) is 6.19. The van der Waals surface area contributed by atoms with Crippen LogP contribution in [0, 0.1) is 11.8 Å². The van der Waals surface area contributed by atoms with Crippen LogP contribution in [0.5, 0.6) is 0 Å². The average molecular weight is 248 g/mol. The van der Waals surface area contributed by atoms with E-state index in [9.17, 15) is 4.79 Å². The molecular weight excluding hydrogens is 236 g/mol. The van der Waals surface area contributed by atoms with E-state index in [0.29, 0.717) is 6.42 Å². The number of carbonyl (C=O) groups is 1. The van der Waals surface area contributed by atoms with Gasteiger partial charge in [0.25, 0.3) is 0 Å². The summed E-state index contributed by atoms with van der Waals surface area (Å²) in [7, 11) is 0. The second-order valence-electron chi connectivity index (χ2n) is 4.41. The SMILES string of the molecule is O=C1c2ccccc2-c2ccc(C#CCCO)cc21. The molecule has 3 rings (SSSR count). The Labute approximate surface area is 111 Å². The fourth-order valence-corrected chi connectivity index (χ4v) is 2.33. The van der Waals surface area contributed by atoms with Gasteiger partial charge in [-0.05, 0) is 23.3 Å². The van der Waals surface area contributed by atoms with Crippen LogP contribution in [-0.2, 0) is 0 Å². The highest BCUT2D eigenvalue weighted by atomic mass is 16.2. The van der Waals surface area contributed by atoms with Gasteiger partial charge in [0.15, 0.2) is 5.78 Å². The summed E-state index contributed by atoms with van der Waals surface area (Å²) in [6.45, 7) is 0.0578. The van der Waals surface area contributed by atoms with E-state index in [-0.39, 0.29) is 12.4 Å². The van der Waals surface area contributed by atoms with E-state index < -0.39 is 0 Å². The molecule has 92 valence electrons. The second kappa shape index (κ2) is 4.72. The summed E-state index contributed by atoms with van der Waals surface area (Å²) in [5.41, 5.74) is 4.27. The van der Waals surface area contributed by atoms with Gasteiger partial charge in [-0.15, -0.1) is 0 Å². The van der Waals surface area contributed by atoms with Crippen molar-refractivity contribution in [3.05, 3.63) is 59.2 Å². The summed E-state index contributed by atoms with van der Waals surface area (Å²) < 4.78 is 0. The van der Waals surface area contributed by atoms with Gasteiger partial charge in [0.2, 0.25) is 0 Å². The van der Waals surface area contributed by atoms with Crippen molar-refractivity contribution in [1.29, 1.82) is 0 Å². The van der Waals surface area contributed by atoms with E-state index in [1.54, 1.807) is 0 Å². The number of aliphatic hydroxyl groups is 1. The van der Waals surface area contributed by atoms with Crippen molar-refractivity contribution in [2.75, 3.05) is 6.61 Å². The van der Waals surface area contributed by atoms with Crippen LogP contribution in [0.3, 0.4) is 0 Å². The third-order valence-corrected chi connectivity index (χ3v) is 3.20. The van der Waals surface area contributed by atoms with Crippen LogP contribution in [0.1, 0.15) is 27.9 Å². The number of fused-ring (bicyclic) bond motifs is 3. The first-order valence-electron chi connectivity index (χ1n) is 6.19. The molecule has 0 heterocycles. The molecule has 1 aliphatic rings. The standard InChI is InChI=1S/C17H12O2/c18-10-4-3-5-12-8-9-14-13-6-1-2-7-15(13)17(19)16(14)11-12/h1-2,6-9,11,18H,4,10H2. The number of ketones is 1. The van der Waals surface area contributed by atoms with Gasteiger partial charge in [-0.1, -0.05) is 42.2 Å². The Balaban J connectivity index is 2.06. The molecule has 0 aromatic heterocycles. The zero-order valence-electron chi connectivity index (χ0n) is 10.3. The summed E-state index contributed by atoms with van der Waals surface area (Å²) in [4.78, 5) is 12.3. The molecule has 0 radical (unpaired) electrons. The van der Waals surface area contributed by atoms with E-state index in [2.05, 4.69) is 11.8 Å². The van der Waals surface area contributed by atoms with E-state index in [4.69, 9.17) is 5.11 Å². The van der Waals surface area contributed by atoms with Gasteiger partial charge in [-0.3, -0.25) is 4.79 Å². The minimum absolute atomic E-state index is 0.0578. The summed E-state index contributed by atoms with van der Waals surface area (Å²) in [5, 5.41) is 8.70. The first-order chi connectivity index (χ1) is 9.31. The van der Waals surface area contributed by atoms with E-state index >= 15 is 0 Å². The lowest BCUT2D eigenvalue weighted by atomic mass is 10.0. The summed E-state index contributed by atoms with van der Waals surface area (Å²) in [6.07, 6.45) is 0.450. The monoisotopic (exact) mass is 248 g/mol. The molecular formula is C17H12O2. The van der Waals surface area contributed by atoms with Crippen molar-refractivity contribution >= 4 is 5.78 Å². The van der Waals surface area contributed by atoms with Crippen LogP contribution in [-0.4, -0.2) is 17.5 Å². The molecule has 0 fully saturated rings. The maximum absolute atomic E-state index is 12.3. The Morgan fingerprint density at radius 2 is 1.68 bits per heavy atom. The molecule has 2 nitrogen and oxygen atoms in total. The lowest BCUT2D eigenvalue weighted by Crippen LogP contribution is -1.95. The van der Waals surface area contributed by atoms with Crippen molar-refractivity contribution < 1.29 is 9.90 Å². The number of benzene rings is 2. The van der Waals surface area contributed by atoms with Crippen LogP contribution in [0.4, 0.5) is 0 Å². The molecule has 2 aromatic rings. The Morgan fingerprint density at radius 3 is 2.47 bits per heavy atom. The van der Waals surface area contributed by atoms with Crippen molar-refractivity contribution in [2.45, 2.75) is 6.42 Å². The molecule has 0 atom stereocenters. The van der Waals surface area contributed by atoms with Gasteiger partial charge in [-0.25, -0.2) is 0 Å². The molecule has 0 unspecified atom stereocenters. The maximum Gasteiger partial charge on any atom is 0.194 e. The van der Waals surface area contributed by atoms with Crippen LogP contribution >= 0.6 is 0 Å². The molecule has 2 heteroatoms. The molecule has 0 saturated carbocycles. The minimum Gasteiger partial charge on any atom is -0.395 e. The minimum atomic E-state index is 0.0578. The lowest BCUT2D eigenvalue weighted by Gasteiger charge is -1.99. The molecule has 2 aromatic carbocycles. The third-order valence-electron chi connectivity index (χ3n) is 3.20. The molecule has 1 aliphatic carbocycles. The maximum atomic E-state index is 12.3. The van der Waals surface area contributed by atoms with Crippen molar-refractivity contribution in [1.82, 2.24) is 0 Å². The van der Waals surface area contributed by atoms with Crippen molar-refractivity contribution in [2.24, 2.45) is 0 Å². The number of aliphatic hydroxyl groups excluding tert-OH is 1. The highest BCUT2D eigenvalue weighted by molar-refractivity contribution is 6.21. The molecule has 0 amide bonds. The van der Waals surface area contributed by atoms with Gasteiger partial charge in [0.05, 0.1) is 6.61 Å². The zero-order valence-corrected chi connectivity index (χ0v) is 10.3. The first kappa shape index (κ1) is 11.7. The number of hydrogen-bond donors (Lipinski definition) is 1. The lowest BCUT2D eigenvalue weighted by molar-refractivity contribution is 0.104. The molecule has 1 N–H and O–H groups in total. The molecule has 19 heavy (non-hydrogen) atoms. The smallest absolute Gasteiger partial charge is 0.194 e. The summed E-state index contributed by atoms with van der Waals surface area (Å²) >= 11 is 0. The fraction of sp³-hybridized carbons (Fsp3) is 0.118. The third kappa shape index (κ3) is 1.95. The second-order valence-corrected chi connectivity index (χ2v) is 4.41. The Hall–Kier alpha value is -2.37. The summed E-state index contributed by atoms with van der Waals surface area (Å²) in [5.74, 6) is 5.89. The summed E-state index contributed by atoms with van der Waals surface area (Å²) in [6, 6.07) is 13.3. The number of rotatable bonds is 1. The predicted octanol–water partition coefficient (Wildman–Crippen LogP) is 2.63. The van der Waals surface area contributed by atoms with Gasteiger partial charge in [-0.2, -0.15) is 0 Å². The van der Waals surface area contributed by atoms with Gasteiger partial charge < -0.3 is 5.11 Å². The van der Waals surface area contributed by atoms with Crippen LogP contribution < -0.4 is 0 Å². The normalized spacial score (nSPS) is 11.5. The Morgan fingerprint density at radius 1 is 0.947 bits per heavy atom. The number of carbonyl (C=O) groups excluding carboxylic acids is 1. The average Bonchev–Trinajstić information content (AvgIpc) is 2.73. The van der Waals surface area contributed by atoms with E-state index in [1.165, 1.54) is 0 Å². The van der Waals surface area contributed by atoms with Crippen LogP contribution in [0.15, 0.2) is 42.5 Å². The highest BCUT2D eigenvalue weighted by Gasteiger charge is 2.25. The highest BCUT2D eigenvalue weighted by Crippen LogP contribution is 2.36. The van der Waals surface area contributed by atoms with Gasteiger partial charge in [0, 0.05) is 23.1 Å². The molecule has 0 aliphatic heterocycles. The predicted molar refractivity (Wildman–Crippen MR) is 73.9 cm³/mol. The molecule has 0 spiro atoms. The quantitative estimate of drug-likeness (QED) is 0.672. The zero-order chi connectivity index (χ0) is 13.2. The van der Waals surface area contributed by atoms with Crippen molar-refractivity contribution in [3.63, 3.8) is 0 Å². The van der Waals surface area contributed by atoms with Crippen molar-refractivity contribution in [3.8, 4) is 23.0 Å². The van der Waals surface area contributed by atoms with Crippen LogP contribution in [0.25, 0.3) is 11.1 Å². The Kier molecular flexibility index (Phi) is 2.91. The van der Waals surface area contributed by atoms with E-state index in [1.807, 2.05) is 42.5 Å².